The molecule has 11 heteroatoms. The number of rotatable bonds is 6. The standard InChI is InChI=1S/C11H13N7O3S/c1-3-20-9-7(6-21-8-4-5-12-13-8)10(22-14-9)18-11(19)17(2)15-16-18/h4-5H,3,6H2,1-2H3,(H,12,13)/i/hT. The van der Waals surface area contributed by atoms with Crippen molar-refractivity contribution in [1.29, 1.82) is 0 Å². The van der Waals surface area contributed by atoms with Gasteiger partial charge in [0.15, 0.2) is 6.41 Å². The summed E-state index contributed by atoms with van der Waals surface area (Å²) in [6, 6.07) is 1.56. The molecule has 0 aliphatic carbocycles. The predicted octanol–water partition coefficient (Wildman–Crippen LogP) is 0.123. The number of ether oxygens (including phenoxy) is 2. The molecule has 0 saturated carbocycles. The van der Waals surface area contributed by atoms with Crippen molar-refractivity contribution < 1.29 is 10.9 Å². The zero-order valence-electron chi connectivity index (χ0n) is 12.8. The SMILES string of the molecule is [3H]n1ccc(OCc2c(OCC)nsc2-n2nnn(C)c2=O)n1. The van der Waals surface area contributed by atoms with Crippen LogP contribution in [-0.4, -0.2) is 41.0 Å². The third kappa shape index (κ3) is 2.57. The smallest absolute Gasteiger partial charge is 0.369 e. The number of tetrazole rings is 1. The molecule has 0 bridgehead atoms. The van der Waals surface area contributed by atoms with E-state index in [1.165, 1.54) is 13.2 Å². The molecule has 0 saturated heterocycles. The van der Waals surface area contributed by atoms with Gasteiger partial charge in [0, 0.05) is 19.3 Å². The second-order valence-corrected chi connectivity index (χ2v) is 4.91. The van der Waals surface area contributed by atoms with Crippen LogP contribution in [0.25, 0.3) is 5.00 Å². The quantitative estimate of drug-likeness (QED) is 0.685. The van der Waals surface area contributed by atoms with E-state index in [-0.39, 0.29) is 12.5 Å². The molecule has 1 N–H and O–H groups in total. The molecular weight excluding hydrogens is 310 g/mol. The molecule has 0 atom stereocenters. The summed E-state index contributed by atoms with van der Waals surface area (Å²) in [6.07, 6.45) is 1.44. The summed E-state index contributed by atoms with van der Waals surface area (Å²) in [7, 11) is 1.51. The van der Waals surface area contributed by atoms with Crippen LogP contribution in [0.1, 0.15) is 12.5 Å². The minimum Gasteiger partial charge on any atom is -0.477 e. The van der Waals surface area contributed by atoms with Crippen LogP contribution < -0.4 is 15.2 Å². The van der Waals surface area contributed by atoms with Gasteiger partial charge in [-0.2, -0.15) is 9.06 Å². The van der Waals surface area contributed by atoms with E-state index in [1.807, 2.05) is 6.92 Å². The molecule has 0 spiro atoms. The highest BCUT2D eigenvalue weighted by atomic mass is 32.1. The van der Waals surface area contributed by atoms with Crippen LogP contribution in [0.5, 0.6) is 11.8 Å². The molecule has 0 aromatic carbocycles. The average Bonchev–Trinajstić information content (AvgIpc) is 3.20. The van der Waals surface area contributed by atoms with Gasteiger partial charge in [-0.25, -0.2) is 4.79 Å². The van der Waals surface area contributed by atoms with E-state index in [1.54, 1.807) is 6.07 Å². The lowest BCUT2D eigenvalue weighted by atomic mass is 10.3. The highest BCUT2D eigenvalue weighted by Gasteiger charge is 2.21. The van der Waals surface area contributed by atoms with Crippen LogP contribution in [-0.2, 0) is 13.7 Å². The van der Waals surface area contributed by atoms with Crippen molar-refractivity contribution >= 4 is 11.5 Å². The minimum atomic E-state index is -0.395. The van der Waals surface area contributed by atoms with Crippen LogP contribution in [0, 0.1) is 0 Å². The van der Waals surface area contributed by atoms with E-state index in [0.717, 1.165) is 26.0 Å². The molecule has 3 heterocycles. The Morgan fingerprint density at radius 2 is 2.32 bits per heavy atom. The lowest BCUT2D eigenvalue weighted by Gasteiger charge is -2.06. The summed E-state index contributed by atoms with van der Waals surface area (Å²) in [5, 5.41) is 12.7. The molecular formula is C11H13N7O3S. The molecule has 3 aromatic rings. The summed E-state index contributed by atoms with van der Waals surface area (Å²) in [5.74, 6) is 0.654. The summed E-state index contributed by atoms with van der Waals surface area (Å²) in [6.45, 7) is 2.33. The fourth-order valence-corrected chi connectivity index (χ4v) is 2.49. The Morgan fingerprint density at radius 1 is 1.45 bits per heavy atom. The summed E-state index contributed by atoms with van der Waals surface area (Å²) < 4.78 is 24.8. The Bertz CT molecular complexity index is 867. The maximum Gasteiger partial charge on any atom is 0.369 e. The monoisotopic (exact) mass is 325 g/mol. The molecule has 22 heavy (non-hydrogen) atoms. The summed E-state index contributed by atoms with van der Waals surface area (Å²) in [4.78, 5) is 12.0. The summed E-state index contributed by atoms with van der Waals surface area (Å²) in [5.41, 5.74) is 0.173. The number of hydrogen-bond acceptors (Lipinski definition) is 8. The van der Waals surface area contributed by atoms with Gasteiger partial charge in [-0.05, 0) is 28.9 Å². The van der Waals surface area contributed by atoms with Crippen molar-refractivity contribution in [3.05, 3.63) is 28.3 Å². The lowest BCUT2D eigenvalue weighted by Crippen LogP contribution is -2.22. The molecule has 0 aliphatic rings. The number of nitrogens with one attached hydrogen (secondary N) is 1. The van der Waals surface area contributed by atoms with Gasteiger partial charge >= 0.3 is 5.69 Å². The fourth-order valence-electron chi connectivity index (χ4n) is 1.71. The third-order valence-electron chi connectivity index (χ3n) is 2.73. The first-order valence-electron chi connectivity index (χ1n) is 6.83. The van der Waals surface area contributed by atoms with Gasteiger partial charge in [0.05, 0.1) is 12.2 Å². The van der Waals surface area contributed by atoms with Gasteiger partial charge in [-0.1, -0.05) is 0 Å². The molecule has 116 valence electrons. The maximum absolute atomic E-state index is 12.0. The molecule has 10 nitrogen and oxygen atoms in total. The number of H-pyrrole nitrogens is 1. The van der Waals surface area contributed by atoms with E-state index in [0.29, 0.717) is 23.1 Å². The number of aromatic amines is 1. The summed E-state index contributed by atoms with van der Waals surface area (Å²) >= 11 is 1.07. The highest BCUT2D eigenvalue weighted by molar-refractivity contribution is 7.08. The van der Waals surface area contributed by atoms with Crippen molar-refractivity contribution in [2.24, 2.45) is 7.05 Å². The van der Waals surface area contributed by atoms with E-state index in [2.05, 4.69) is 19.9 Å². The average molecular weight is 325 g/mol. The van der Waals surface area contributed by atoms with Crippen LogP contribution in [0.2, 0.25) is 1.41 Å². The third-order valence-corrected chi connectivity index (χ3v) is 3.58. The Kier molecular flexibility index (Phi) is 3.53. The second-order valence-electron chi connectivity index (χ2n) is 4.16. The number of nitrogens with zero attached hydrogens (tertiary/aromatic N) is 6. The van der Waals surface area contributed by atoms with Gasteiger partial charge in [0.2, 0.25) is 11.8 Å². The Hall–Kier alpha value is -2.69. The van der Waals surface area contributed by atoms with Gasteiger partial charge in [0.1, 0.15) is 6.61 Å². The van der Waals surface area contributed by atoms with Crippen LogP contribution in [0.4, 0.5) is 0 Å². The van der Waals surface area contributed by atoms with Gasteiger partial charge in [-0.15, -0.1) is 9.78 Å². The largest absolute Gasteiger partial charge is 0.477 e. The zero-order chi connectivity index (χ0) is 16.4. The van der Waals surface area contributed by atoms with Crippen LogP contribution >= 0.6 is 11.5 Å². The number of aromatic nitrogens is 7. The molecule has 3 aromatic heterocycles. The Labute approximate surface area is 129 Å². The van der Waals surface area contributed by atoms with Crippen molar-refractivity contribution in [3.8, 4) is 16.8 Å². The number of hydrogen-bond donors (Lipinski definition) is 1. The van der Waals surface area contributed by atoms with Crippen molar-refractivity contribution in [2.75, 3.05) is 6.61 Å². The Balaban J connectivity index is 1.94. The fraction of sp³-hybridized carbons (Fsp3) is 0.364. The van der Waals surface area contributed by atoms with E-state index < -0.39 is 5.69 Å². The van der Waals surface area contributed by atoms with Gasteiger partial charge in [0.25, 0.3) is 0 Å². The number of aryl methyl sites for hydroxylation is 1. The first kappa shape index (κ1) is 13.0. The molecule has 0 aliphatic heterocycles. The topological polar surface area (TPSA) is 113 Å². The first-order chi connectivity index (χ1) is 11.1. The van der Waals surface area contributed by atoms with E-state index in [4.69, 9.17) is 10.9 Å². The highest BCUT2D eigenvalue weighted by Crippen LogP contribution is 2.28. The lowest BCUT2D eigenvalue weighted by molar-refractivity contribution is 0.274. The first-order valence-corrected chi connectivity index (χ1v) is 7.16. The second kappa shape index (κ2) is 5.97. The van der Waals surface area contributed by atoms with Crippen molar-refractivity contribution in [3.63, 3.8) is 0 Å². The predicted molar refractivity (Wildman–Crippen MR) is 76.4 cm³/mol. The van der Waals surface area contributed by atoms with E-state index >= 15 is 0 Å². The molecule has 3 rings (SSSR count). The molecule has 0 fully saturated rings. The Morgan fingerprint density at radius 3 is 2.95 bits per heavy atom. The normalized spacial score (nSPS) is 11.5. The minimum absolute atomic E-state index is 0.0706. The van der Waals surface area contributed by atoms with E-state index in [9.17, 15) is 4.79 Å². The van der Waals surface area contributed by atoms with Crippen LogP contribution in [0.15, 0.2) is 17.1 Å². The molecule has 0 unspecified atom stereocenters. The van der Waals surface area contributed by atoms with Crippen molar-refractivity contribution in [2.45, 2.75) is 13.5 Å². The van der Waals surface area contributed by atoms with Crippen molar-refractivity contribution in [1.82, 2.24) is 34.4 Å². The van der Waals surface area contributed by atoms with Gasteiger partial charge < -0.3 is 9.47 Å². The maximum atomic E-state index is 12.0. The molecule has 0 radical (unpaired) electrons. The zero-order valence-corrected chi connectivity index (χ0v) is 12.6. The molecule has 0 amide bonds. The van der Waals surface area contributed by atoms with Crippen LogP contribution in [0.3, 0.4) is 0 Å². The van der Waals surface area contributed by atoms with Gasteiger partial charge in [-0.3, -0.25) is 5.09 Å².